The summed E-state index contributed by atoms with van der Waals surface area (Å²) in [6, 6.07) is 15.8. The van der Waals surface area contributed by atoms with Crippen molar-refractivity contribution in [3.63, 3.8) is 0 Å². The van der Waals surface area contributed by atoms with E-state index in [0.717, 1.165) is 17.7 Å². The molecule has 0 radical (unpaired) electrons. The molecule has 0 saturated carbocycles. The molecule has 1 atom stereocenters. The van der Waals surface area contributed by atoms with Gasteiger partial charge in [-0.1, -0.05) is 35.9 Å². The first-order chi connectivity index (χ1) is 17.3. The quantitative estimate of drug-likeness (QED) is 0.228. The Balaban J connectivity index is 1.96. The van der Waals surface area contributed by atoms with Crippen molar-refractivity contribution in [2.75, 3.05) is 18.6 Å². The average molecular weight is 489 g/mol. The lowest BCUT2D eigenvalue weighted by Crippen LogP contribution is -2.29. The van der Waals surface area contributed by atoms with Crippen LogP contribution in [0.25, 0.3) is 5.76 Å². The summed E-state index contributed by atoms with van der Waals surface area (Å²) in [6.07, 6.45) is 0. The monoisotopic (exact) mass is 489 g/mol. The van der Waals surface area contributed by atoms with Crippen LogP contribution in [-0.4, -0.2) is 36.5 Å². The van der Waals surface area contributed by atoms with E-state index in [1.807, 2.05) is 13.0 Å². The molecule has 4 rings (SSSR count). The Morgan fingerprint density at radius 2 is 1.81 bits per heavy atom. The van der Waals surface area contributed by atoms with Crippen LogP contribution < -0.4 is 9.64 Å². The lowest BCUT2D eigenvalue weighted by molar-refractivity contribution is -0.132. The smallest absolute Gasteiger partial charge is 0.338 e. The summed E-state index contributed by atoms with van der Waals surface area (Å²) in [5.41, 5.74) is 1.59. The van der Waals surface area contributed by atoms with E-state index in [0.29, 0.717) is 5.56 Å². The predicted molar refractivity (Wildman–Crippen MR) is 131 cm³/mol. The van der Waals surface area contributed by atoms with E-state index in [1.54, 1.807) is 37.3 Å². The summed E-state index contributed by atoms with van der Waals surface area (Å²) in [5.74, 6) is -3.52. The molecule has 0 aromatic heterocycles. The van der Waals surface area contributed by atoms with Crippen LogP contribution in [0.1, 0.15) is 40.0 Å². The van der Waals surface area contributed by atoms with Gasteiger partial charge in [-0.2, -0.15) is 0 Å². The van der Waals surface area contributed by atoms with E-state index in [1.165, 1.54) is 30.2 Å². The molecule has 184 valence electrons. The number of hydrogen-bond acceptors (Lipinski definition) is 6. The van der Waals surface area contributed by atoms with Gasteiger partial charge in [0.25, 0.3) is 11.7 Å². The summed E-state index contributed by atoms with van der Waals surface area (Å²) in [7, 11) is 1.35. The first kappa shape index (κ1) is 24.7. The molecule has 3 aromatic rings. The Morgan fingerprint density at radius 3 is 2.50 bits per heavy atom. The number of aliphatic hydroxyl groups is 1. The lowest BCUT2D eigenvalue weighted by Gasteiger charge is -2.26. The molecule has 36 heavy (non-hydrogen) atoms. The van der Waals surface area contributed by atoms with E-state index >= 15 is 0 Å². The van der Waals surface area contributed by atoms with Crippen molar-refractivity contribution in [2.45, 2.75) is 19.9 Å². The Morgan fingerprint density at radius 1 is 1.06 bits per heavy atom. The Labute approximate surface area is 207 Å². The van der Waals surface area contributed by atoms with Gasteiger partial charge >= 0.3 is 5.97 Å². The molecule has 7 nitrogen and oxygen atoms in total. The fourth-order valence-corrected chi connectivity index (χ4v) is 4.26. The Kier molecular flexibility index (Phi) is 6.87. The predicted octanol–water partition coefficient (Wildman–Crippen LogP) is 4.95. The number of carbonyl (C=O) groups excluding carboxylic acids is 3. The summed E-state index contributed by atoms with van der Waals surface area (Å²) in [5, 5.41) is 11.3. The van der Waals surface area contributed by atoms with Gasteiger partial charge in [0.15, 0.2) is 0 Å². The number of nitrogens with zero attached hydrogens (tertiary/aromatic N) is 1. The van der Waals surface area contributed by atoms with Gasteiger partial charge in [0.2, 0.25) is 0 Å². The van der Waals surface area contributed by atoms with E-state index in [2.05, 4.69) is 0 Å². The van der Waals surface area contributed by atoms with Crippen LogP contribution >= 0.6 is 0 Å². The van der Waals surface area contributed by atoms with Crippen LogP contribution in [0.4, 0.5) is 10.1 Å². The summed E-state index contributed by atoms with van der Waals surface area (Å²) in [4.78, 5) is 40.2. The van der Waals surface area contributed by atoms with E-state index in [4.69, 9.17) is 9.47 Å². The number of hydrogen-bond donors (Lipinski definition) is 1. The van der Waals surface area contributed by atoms with Gasteiger partial charge in [-0.25, -0.2) is 9.18 Å². The molecule has 1 saturated heterocycles. The highest BCUT2D eigenvalue weighted by Gasteiger charge is 2.47. The number of amides is 1. The number of aryl methyl sites for hydroxylation is 1. The molecule has 8 heteroatoms. The molecule has 0 aliphatic carbocycles. The maximum atomic E-state index is 14.1. The molecular weight excluding hydrogens is 465 g/mol. The SMILES string of the molecule is CCOC(=O)c1cccc(N2C(=O)C(=O)/C(=C(/O)c3cc(F)ccc3OC)C2c2cccc(C)c2)c1. The van der Waals surface area contributed by atoms with Crippen molar-refractivity contribution in [1.29, 1.82) is 0 Å². The molecule has 1 N–H and O–H groups in total. The fourth-order valence-electron chi connectivity index (χ4n) is 4.26. The number of esters is 1. The molecule has 1 amide bonds. The lowest BCUT2D eigenvalue weighted by atomic mass is 9.94. The van der Waals surface area contributed by atoms with Gasteiger partial charge < -0.3 is 14.6 Å². The van der Waals surface area contributed by atoms with Crippen LogP contribution in [0.2, 0.25) is 0 Å². The summed E-state index contributed by atoms with van der Waals surface area (Å²) in [6.45, 7) is 3.71. The van der Waals surface area contributed by atoms with Crippen LogP contribution in [0, 0.1) is 12.7 Å². The minimum absolute atomic E-state index is 0.0616. The number of aliphatic hydroxyl groups excluding tert-OH is 1. The number of benzene rings is 3. The maximum absolute atomic E-state index is 14.1. The van der Waals surface area contributed by atoms with Gasteiger partial charge in [0.1, 0.15) is 17.3 Å². The van der Waals surface area contributed by atoms with Gasteiger partial charge in [0, 0.05) is 5.69 Å². The number of anilines is 1. The van der Waals surface area contributed by atoms with Crippen molar-refractivity contribution in [3.05, 3.63) is 100 Å². The van der Waals surface area contributed by atoms with Gasteiger partial charge in [-0.05, 0) is 55.8 Å². The maximum Gasteiger partial charge on any atom is 0.338 e. The zero-order valence-electron chi connectivity index (χ0n) is 19.9. The number of ketones is 1. The van der Waals surface area contributed by atoms with Crippen LogP contribution in [0.15, 0.2) is 72.3 Å². The number of Topliss-reactive ketones (excluding diaryl/α,β-unsaturated/α-hetero) is 1. The molecule has 0 spiro atoms. The number of methoxy groups -OCH3 is 1. The first-order valence-electron chi connectivity index (χ1n) is 11.3. The third-order valence-electron chi connectivity index (χ3n) is 5.85. The summed E-state index contributed by atoms with van der Waals surface area (Å²) < 4.78 is 24.4. The third-order valence-corrected chi connectivity index (χ3v) is 5.85. The number of carbonyl (C=O) groups is 3. The topological polar surface area (TPSA) is 93.1 Å². The summed E-state index contributed by atoms with van der Waals surface area (Å²) >= 11 is 0. The normalized spacial score (nSPS) is 16.8. The van der Waals surface area contributed by atoms with Crippen molar-refractivity contribution in [3.8, 4) is 5.75 Å². The highest BCUT2D eigenvalue weighted by atomic mass is 19.1. The zero-order valence-corrected chi connectivity index (χ0v) is 19.9. The molecular formula is C28H24FNO6. The fraction of sp³-hybridized carbons (Fsp3) is 0.179. The van der Waals surface area contributed by atoms with Gasteiger partial charge in [0.05, 0.1) is 36.5 Å². The zero-order chi connectivity index (χ0) is 26.0. The minimum Gasteiger partial charge on any atom is -0.507 e. The number of ether oxygens (including phenoxy) is 2. The Hall–Kier alpha value is -4.46. The van der Waals surface area contributed by atoms with Crippen molar-refractivity contribution < 1.29 is 33.4 Å². The minimum atomic E-state index is -1.05. The highest BCUT2D eigenvalue weighted by molar-refractivity contribution is 6.51. The van der Waals surface area contributed by atoms with E-state index in [-0.39, 0.29) is 34.7 Å². The first-order valence-corrected chi connectivity index (χ1v) is 11.3. The van der Waals surface area contributed by atoms with E-state index in [9.17, 15) is 23.9 Å². The van der Waals surface area contributed by atoms with Crippen molar-refractivity contribution in [1.82, 2.24) is 0 Å². The van der Waals surface area contributed by atoms with Crippen molar-refractivity contribution in [2.24, 2.45) is 0 Å². The molecule has 1 aliphatic rings. The van der Waals surface area contributed by atoms with Crippen LogP contribution in [0.5, 0.6) is 5.75 Å². The molecule has 1 fully saturated rings. The van der Waals surface area contributed by atoms with Gasteiger partial charge in [-0.15, -0.1) is 0 Å². The largest absolute Gasteiger partial charge is 0.507 e. The van der Waals surface area contributed by atoms with Crippen molar-refractivity contribution >= 4 is 29.1 Å². The second-order valence-electron chi connectivity index (χ2n) is 8.20. The molecule has 0 bridgehead atoms. The standard InChI is InChI=1S/C28H24FNO6/c1-4-36-28(34)18-9-6-10-20(14-18)30-24(17-8-5-7-16(2)13-17)23(26(32)27(30)33)25(31)21-15-19(29)11-12-22(21)35-3/h5-15,24,31H,4H2,1-3H3/b25-23+. The Bertz CT molecular complexity index is 1400. The molecule has 1 aliphatic heterocycles. The molecule has 1 heterocycles. The number of rotatable bonds is 6. The number of halogens is 1. The third kappa shape index (κ3) is 4.45. The van der Waals surface area contributed by atoms with Gasteiger partial charge in [-0.3, -0.25) is 14.5 Å². The second kappa shape index (κ2) is 10.0. The second-order valence-corrected chi connectivity index (χ2v) is 8.20. The average Bonchev–Trinajstić information content (AvgIpc) is 3.14. The van der Waals surface area contributed by atoms with Crippen LogP contribution in [-0.2, 0) is 14.3 Å². The highest BCUT2D eigenvalue weighted by Crippen LogP contribution is 2.43. The van der Waals surface area contributed by atoms with Crippen LogP contribution in [0.3, 0.4) is 0 Å². The molecule has 3 aromatic carbocycles. The van der Waals surface area contributed by atoms with E-state index < -0.39 is 35.3 Å². The molecule has 1 unspecified atom stereocenters.